The molecule has 8 heteroatoms. The van der Waals surface area contributed by atoms with Crippen molar-refractivity contribution in [3.63, 3.8) is 0 Å². The summed E-state index contributed by atoms with van der Waals surface area (Å²) in [5, 5.41) is 2.94. The van der Waals surface area contributed by atoms with Crippen molar-refractivity contribution in [1.82, 2.24) is 20.2 Å². The summed E-state index contributed by atoms with van der Waals surface area (Å²) in [5.41, 5.74) is 2.07. The van der Waals surface area contributed by atoms with Gasteiger partial charge < -0.3 is 10.2 Å². The first-order chi connectivity index (χ1) is 15.3. The lowest BCUT2D eigenvalue weighted by molar-refractivity contribution is -0.132. The second-order valence-corrected chi connectivity index (χ2v) is 9.86. The predicted molar refractivity (Wildman–Crippen MR) is 121 cm³/mol. The number of fused-ring (bicyclic) bond motifs is 1. The Kier molecular flexibility index (Phi) is 6.76. The predicted octanol–water partition coefficient (Wildman–Crippen LogP) is 2.49. The van der Waals surface area contributed by atoms with Gasteiger partial charge in [-0.15, -0.1) is 0 Å². The van der Waals surface area contributed by atoms with E-state index in [1.165, 1.54) is 0 Å². The summed E-state index contributed by atoms with van der Waals surface area (Å²) in [6.07, 6.45) is 5.51. The van der Waals surface area contributed by atoms with Gasteiger partial charge >= 0.3 is 0 Å². The number of hydrogen-bond donors (Lipinski definition) is 1. The molecule has 8 nitrogen and oxygen atoms in total. The minimum atomic E-state index is 0.0947. The number of carbonyl (C=O) groups excluding carboxylic acids is 3. The van der Waals surface area contributed by atoms with Gasteiger partial charge in [-0.2, -0.15) is 0 Å². The lowest BCUT2D eigenvalue weighted by Crippen LogP contribution is -2.40. The van der Waals surface area contributed by atoms with Gasteiger partial charge in [0.05, 0.1) is 0 Å². The fourth-order valence-corrected chi connectivity index (χ4v) is 5.08. The van der Waals surface area contributed by atoms with Crippen molar-refractivity contribution in [3.8, 4) is 0 Å². The first-order valence-corrected chi connectivity index (χ1v) is 12.1. The summed E-state index contributed by atoms with van der Waals surface area (Å²) in [7, 11) is 0. The molecule has 2 saturated heterocycles. The SMILES string of the molecule is Cc1nc(C2CCN(C(=O)CCC3CCC(=O)N3)CC2)nc2c1CCC(=O)N2CC(C)C. The number of aryl methyl sites for hydroxylation is 1. The summed E-state index contributed by atoms with van der Waals surface area (Å²) < 4.78 is 0. The molecule has 0 saturated carbocycles. The Labute approximate surface area is 190 Å². The van der Waals surface area contributed by atoms with Crippen LogP contribution in [0.1, 0.15) is 81.8 Å². The molecule has 1 aromatic rings. The maximum atomic E-state index is 12.6. The summed E-state index contributed by atoms with van der Waals surface area (Å²) >= 11 is 0. The third kappa shape index (κ3) is 4.94. The normalized spacial score (nSPS) is 21.8. The molecular formula is C24H35N5O3. The molecule has 1 unspecified atom stereocenters. The molecule has 0 bridgehead atoms. The van der Waals surface area contributed by atoms with E-state index in [1.54, 1.807) is 0 Å². The maximum absolute atomic E-state index is 12.6. The minimum absolute atomic E-state index is 0.0947. The van der Waals surface area contributed by atoms with Crippen molar-refractivity contribution in [3.05, 3.63) is 17.1 Å². The number of likely N-dealkylation sites (tertiary alicyclic amines) is 1. The number of piperidine rings is 1. The largest absolute Gasteiger partial charge is 0.353 e. The number of nitrogens with one attached hydrogen (secondary N) is 1. The Hall–Kier alpha value is -2.51. The average molecular weight is 442 g/mol. The Morgan fingerprint density at radius 1 is 1.09 bits per heavy atom. The summed E-state index contributed by atoms with van der Waals surface area (Å²) in [6, 6.07) is 0.146. The molecule has 4 heterocycles. The van der Waals surface area contributed by atoms with Gasteiger partial charge in [0.2, 0.25) is 17.7 Å². The highest BCUT2D eigenvalue weighted by atomic mass is 16.2. The van der Waals surface area contributed by atoms with E-state index in [4.69, 9.17) is 9.97 Å². The van der Waals surface area contributed by atoms with E-state index in [9.17, 15) is 14.4 Å². The molecule has 3 amide bonds. The van der Waals surface area contributed by atoms with Gasteiger partial charge in [0.25, 0.3) is 0 Å². The van der Waals surface area contributed by atoms with Crippen molar-refractivity contribution in [2.45, 2.75) is 84.1 Å². The van der Waals surface area contributed by atoms with Crippen LogP contribution in [0.25, 0.3) is 0 Å². The average Bonchev–Trinajstić information content (AvgIpc) is 3.19. The van der Waals surface area contributed by atoms with Crippen LogP contribution in [-0.2, 0) is 20.8 Å². The van der Waals surface area contributed by atoms with Crippen molar-refractivity contribution in [2.75, 3.05) is 24.5 Å². The quantitative estimate of drug-likeness (QED) is 0.732. The number of carbonyl (C=O) groups is 3. The van der Waals surface area contributed by atoms with Crippen molar-refractivity contribution >= 4 is 23.5 Å². The highest BCUT2D eigenvalue weighted by molar-refractivity contribution is 5.95. The fraction of sp³-hybridized carbons (Fsp3) is 0.708. The molecule has 0 aliphatic carbocycles. The molecule has 2 fully saturated rings. The number of nitrogens with zero attached hydrogens (tertiary/aromatic N) is 4. The van der Waals surface area contributed by atoms with E-state index in [0.29, 0.717) is 51.2 Å². The van der Waals surface area contributed by atoms with Crippen LogP contribution in [0, 0.1) is 12.8 Å². The van der Waals surface area contributed by atoms with Gasteiger partial charge in [-0.05, 0) is 44.9 Å². The number of hydrogen-bond acceptors (Lipinski definition) is 5. The molecule has 1 aromatic heterocycles. The Bertz CT molecular complexity index is 892. The van der Waals surface area contributed by atoms with E-state index in [2.05, 4.69) is 19.2 Å². The van der Waals surface area contributed by atoms with Crippen molar-refractivity contribution in [2.24, 2.45) is 5.92 Å². The monoisotopic (exact) mass is 441 g/mol. The number of aromatic nitrogens is 2. The molecule has 0 aromatic carbocycles. The molecule has 1 atom stereocenters. The lowest BCUT2D eigenvalue weighted by Gasteiger charge is -2.34. The van der Waals surface area contributed by atoms with Gasteiger partial charge in [0.1, 0.15) is 11.6 Å². The second kappa shape index (κ2) is 9.55. The number of amides is 3. The van der Waals surface area contributed by atoms with Gasteiger partial charge in [-0.3, -0.25) is 19.3 Å². The zero-order chi connectivity index (χ0) is 22.8. The highest BCUT2D eigenvalue weighted by Gasteiger charge is 2.32. The third-order valence-corrected chi connectivity index (χ3v) is 6.91. The molecule has 32 heavy (non-hydrogen) atoms. The molecule has 3 aliphatic heterocycles. The Morgan fingerprint density at radius 3 is 2.50 bits per heavy atom. The van der Waals surface area contributed by atoms with Crippen molar-refractivity contribution < 1.29 is 14.4 Å². The highest BCUT2D eigenvalue weighted by Crippen LogP contribution is 2.33. The lowest BCUT2D eigenvalue weighted by atomic mass is 9.94. The van der Waals surface area contributed by atoms with Gasteiger partial charge in [-0.25, -0.2) is 9.97 Å². The van der Waals surface area contributed by atoms with Crippen LogP contribution in [0.2, 0.25) is 0 Å². The van der Waals surface area contributed by atoms with Crippen LogP contribution in [0.15, 0.2) is 0 Å². The standard InChI is InChI=1S/C24H35N5O3/c1-15(2)14-29-22(32)9-6-19-16(3)25-23(27-24(19)29)17-10-12-28(13-11-17)21(31)8-5-18-4-7-20(30)26-18/h15,17-18H,4-14H2,1-3H3,(H,26,30). The second-order valence-electron chi connectivity index (χ2n) is 9.86. The molecule has 0 radical (unpaired) electrons. The van der Waals surface area contributed by atoms with Gasteiger partial charge in [-0.1, -0.05) is 13.8 Å². The van der Waals surface area contributed by atoms with Crippen molar-refractivity contribution in [1.29, 1.82) is 0 Å². The topological polar surface area (TPSA) is 95.5 Å². The zero-order valence-corrected chi connectivity index (χ0v) is 19.5. The Balaban J connectivity index is 1.38. The molecule has 3 aliphatic rings. The van der Waals surface area contributed by atoms with Crippen LogP contribution >= 0.6 is 0 Å². The van der Waals surface area contributed by atoms with E-state index >= 15 is 0 Å². The number of rotatable bonds is 6. The first-order valence-electron chi connectivity index (χ1n) is 12.1. The van der Waals surface area contributed by atoms with Crippen LogP contribution in [0.4, 0.5) is 5.82 Å². The van der Waals surface area contributed by atoms with E-state index < -0.39 is 0 Å². The van der Waals surface area contributed by atoms with Gasteiger partial charge in [0.15, 0.2) is 0 Å². The minimum Gasteiger partial charge on any atom is -0.353 e. The zero-order valence-electron chi connectivity index (χ0n) is 19.5. The summed E-state index contributed by atoms with van der Waals surface area (Å²) in [5.74, 6) is 2.60. The number of anilines is 1. The van der Waals surface area contributed by atoms with E-state index in [-0.39, 0.29) is 29.7 Å². The van der Waals surface area contributed by atoms with E-state index in [1.807, 2.05) is 16.7 Å². The molecular weight excluding hydrogens is 406 g/mol. The summed E-state index contributed by atoms with van der Waals surface area (Å²) in [4.78, 5) is 50.1. The third-order valence-electron chi connectivity index (χ3n) is 6.91. The van der Waals surface area contributed by atoms with E-state index in [0.717, 1.165) is 48.6 Å². The van der Waals surface area contributed by atoms with Crippen LogP contribution in [0.5, 0.6) is 0 Å². The maximum Gasteiger partial charge on any atom is 0.228 e. The van der Waals surface area contributed by atoms with Crippen LogP contribution in [0.3, 0.4) is 0 Å². The first kappa shape index (κ1) is 22.7. The fourth-order valence-electron chi connectivity index (χ4n) is 5.08. The van der Waals surface area contributed by atoms with Crippen LogP contribution in [-0.4, -0.2) is 58.3 Å². The molecule has 174 valence electrons. The Morgan fingerprint density at radius 2 is 1.84 bits per heavy atom. The molecule has 4 rings (SSSR count). The van der Waals surface area contributed by atoms with Crippen LogP contribution < -0.4 is 10.2 Å². The molecule has 1 N–H and O–H groups in total. The smallest absolute Gasteiger partial charge is 0.228 e. The van der Waals surface area contributed by atoms with Gasteiger partial charge in [0, 0.05) is 62.1 Å². The molecule has 0 spiro atoms. The summed E-state index contributed by atoms with van der Waals surface area (Å²) in [6.45, 7) is 8.33.